The first-order chi connectivity index (χ1) is 12.0. The van der Waals surface area contributed by atoms with E-state index in [-0.39, 0.29) is 12.2 Å². The van der Waals surface area contributed by atoms with Gasteiger partial charge in [0.2, 0.25) is 5.91 Å². The van der Waals surface area contributed by atoms with Gasteiger partial charge < -0.3 is 10.6 Å². The molecule has 2 aromatic heterocycles. The van der Waals surface area contributed by atoms with Crippen molar-refractivity contribution in [1.82, 2.24) is 19.9 Å². The third-order valence-electron chi connectivity index (χ3n) is 3.71. The second-order valence-electron chi connectivity index (χ2n) is 5.57. The zero-order valence-electron chi connectivity index (χ0n) is 13.7. The van der Waals surface area contributed by atoms with E-state index in [1.165, 1.54) is 22.8 Å². The molecule has 0 bridgehead atoms. The van der Waals surface area contributed by atoms with Crippen LogP contribution in [0.15, 0.2) is 36.7 Å². The zero-order valence-corrected chi connectivity index (χ0v) is 13.7. The fourth-order valence-corrected chi connectivity index (χ4v) is 2.39. The average Bonchev–Trinajstić information content (AvgIpc) is 3.05. The predicted octanol–water partition coefficient (Wildman–Crippen LogP) is 1.85. The minimum atomic E-state index is -0.526. The van der Waals surface area contributed by atoms with Crippen LogP contribution in [0.2, 0.25) is 0 Å². The predicted molar refractivity (Wildman–Crippen MR) is 89.8 cm³/mol. The third kappa shape index (κ3) is 3.47. The number of hydrogen-bond donors (Lipinski definition) is 2. The lowest BCUT2D eigenvalue weighted by molar-refractivity contribution is -0.115. The van der Waals surface area contributed by atoms with Crippen molar-refractivity contribution in [3.63, 3.8) is 0 Å². The summed E-state index contributed by atoms with van der Waals surface area (Å²) in [6.07, 6.45) is 3.01. The second kappa shape index (κ2) is 6.68. The molecule has 25 heavy (non-hydrogen) atoms. The summed E-state index contributed by atoms with van der Waals surface area (Å²) in [5, 5.41) is 9.00. The molecule has 2 heterocycles. The zero-order chi connectivity index (χ0) is 18.0. The van der Waals surface area contributed by atoms with E-state index in [1.807, 2.05) is 0 Å². The highest BCUT2D eigenvalue weighted by molar-refractivity contribution is 5.99. The number of aryl methyl sites for hydroxylation is 2. The lowest BCUT2D eigenvalue weighted by Crippen LogP contribution is -2.33. The number of carbonyl (C=O) groups excluding carboxylic acids is 2. The number of aromatic nitrogens is 3. The maximum Gasteiger partial charge on any atom is 0.255 e. The maximum absolute atomic E-state index is 13.7. The summed E-state index contributed by atoms with van der Waals surface area (Å²) < 4.78 is 15.3. The molecule has 0 saturated heterocycles. The van der Waals surface area contributed by atoms with Crippen LogP contribution in [-0.2, 0) is 4.79 Å². The monoisotopic (exact) mass is 341 g/mol. The number of benzene rings is 1. The highest BCUT2D eigenvalue weighted by Gasteiger charge is 2.14. The average molecular weight is 341 g/mol. The van der Waals surface area contributed by atoms with Gasteiger partial charge in [-0.2, -0.15) is 5.10 Å². The van der Waals surface area contributed by atoms with Crippen LogP contribution in [0, 0.1) is 19.7 Å². The van der Waals surface area contributed by atoms with Crippen molar-refractivity contribution in [2.45, 2.75) is 13.8 Å². The van der Waals surface area contributed by atoms with Gasteiger partial charge in [0.25, 0.3) is 5.91 Å². The summed E-state index contributed by atoms with van der Waals surface area (Å²) in [6, 6.07) is 6.20. The van der Waals surface area contributed by atoms with Crippen LogP contribution in [0.25, 0.3) is 5.65 Å². The number of anilines is 1. The summed E-state index contributed by atoms with van der Waals surface area (Å²) in [6.45, 7) is 3.20. The van der Waals surface area contributed by atoms with Gasteiger partial charge in [-0.15, -0.1) is 0 Å². The van der Waals surface area contributed by atoms with E-state index in [2.05, 4.69) is 20.7 Å². The Balaban J connectivity index is 1.64. The van der Waals surface area contributed by atoms with Crippen molar-refractivity contribution in [3.05, 3.63) is 59.3 Å². The van der Waals surface area contributed by atoms with E-state index in [0.717, 1.165) is 5.56 Å². The SMILES string of the molecule is Cc1ccc(NC(=O)CNC(=O)c2cnc3ccnn3c2C)c(F)c1. The number of nitrogens with one attached hydrogen (secondary N) is 2. The quantitative estimate of drug-likeness (QED) is 0.758. The van der Waals surface area contributed by atoms with Crippen LogP contribution < -0.4 is 10.6 Å². The van der Waals surface area contributed by atoms with Gasteiger partial charge >= 0.3 is 0 Å². The molecule has 2 amide bonds. The Hall–Kier alpha value is -3.29. The van der Waals surface area contributed by atoms with E-state index < -0.39 is 17.6 Å². The van der Waals surface area contributed by atoms with Crippen molar-refractivity contribution < 1.29 is 14.0 Å². The van der Waals surface area contributed by atoms with Gasteiger partial charge in [-0.3, -0.25) is 9.59 Å². The molecule has 0 saturated carbocycles. The number of amides is 2. The third-order valence-corrected chi connectivity index (χ3v) is 3.71. The fourth-order valence-electron chi connectivity index (χ4n) is 2.39. The van der Waals surface area contributed by atoms with Crippen molar-refractivity contribution in [3.8, 4) is 0 Å². The number of rotatable bonds is 4. The molecule has 1 aromatic carbocycles. The van der Waals surface area contributed by atoms with Crippen molar-refractivity contribution in [2.24, 2.45) is 0 Å². The molecule has 0 unspecified atom stereocenters. The molecule has 0 aliphatic carbocycles. The van der Waals surface area contributed by atoms with E-state index in [9.17, 15) is 14.0 Å². The molecule has 0 radical (unpaired) electrons. The van der Waals surface area contributed by atoms with Gasteiger partial charge in [-0.25, -0.2) is 13.9 Å². The molecule has 3 rings (SSSR count). The van der Waals surface area contributed by atoms with E-state index in [1.54, 1.807) is 32.2 Å². The summed E-state index contributed by atoms with van der Waals surface area (Å²) in [5.74, 6) is -1.51. The Kier molecular flexibility index (Phi) is 4.42. The number of halogens is 1. The minimum absolute atomic E-state index is 0.0701. The smallest absolute Gasteiger partial charge is 0.255 e. The molecule has 7 nitrogen and oxygen atoms in total. The van der Waals surface area contributed by atoms with Crippen molar-refractivity contribution >= 4 is 23.1 Å². The summed E-state index contributed by atoms with van der Waals surface area (Å²) >= 11 is 0. The lowest BCUT2D eigenvalue weighted by atomic mass is 10.2. The minimum Gasteiger partial charge on any atom is -0.343 e. The Labute approximate surface area is 142 Å². The van der Waals surface area contributed by atoms with E-state index >= 15 is 0 Å². The van der Waals surface area contributed by atoms with Gasteiger partial charge in [0.15, 0.2) is 5.65 Å². The van der Waals surface area contributed by atoms with Crippen LogP contribution >= 0.6 is 0 Å². The standard InChI is InChI=1S/C17H16FN5O2/c1-10-3-4-14(13(18)7-10)22-16(24)9-20-17(25)12-8-19-15-5-6-21-23(15)11(12)2/h3-8H,9H2,1-2H3,(H,20,25)(H,22,24). The molecule has 3 aromatic rings. The first-order valence-electron chi connectivity index (χ1n) is 7.59. The molecular formula is C17H16FN5O2. The molecular weight excluding hydrogens is 325 g/mol. The second-order valence-corrected chi connectivity index (χ2v) is 5.57. The summed E-state index contributed by atoms with van der Waals surface area (Å²) in [7, 11) is 0. The molecule has 0 atom stereocenters. The van der Waals surface area contributed by atoms with Crippen LogP contribution in [0.3, 0.4) is 0 Å². The van der Waals surface area contributed by atoms with Crippen LogP contribution in [0.5, 0.6) is 0 Å². The summed E-state index contributed by atoms with van der Waals surface area (Å²) in [5.41, 5.74) is 2.37. The Morgan fingerprint density at radius 2 is 2.04 bits per heavy atom. The van der Waals surface area contributed by atoms with Gasteiger partial charge in [-0.05, 0) is 31.5 Å². The van der Waals surface area contributed by atoms with Gasteiger partial charge in [-0.1, -0.05) is 6.07 Å². The highest BCUT2D eigenvalue weighted by atomic mass is 19.1. The molecule has 2 N–H and O–H groups in total. The number of fused-ring (bicyclic) bond motifs is 1. The highest BCUT2D eigenvalue weighted by Crippen LogP contribution is 2.15. The first kappa shape index (κ1) is 16.6. The number of carbonyl (C=O) groups is 2. The van der Waals surface area contributed by atoms with Crippen molar-refractivity contribution in [1.29, 1.82) is 0 Å². The van der Waals surface area contributed by atoms with Crippen LogP contribution in [0.1, 0.15) is 21.6 Å². The van der Waals surface area contributed by atoms with E-state index in [4.69, 9.17) is 0 Å². The first-order valence-corrected chi connectivity index (χ1v) is 7.59. The molecule has 0 aliphatic rings. The van der Waals surface area contributed by atoms with Gasteiger partial charge in [0, 0.05) is 12.3 Å². The number of nitrogens with zero attached hydrogens (tertiary/aromatic N) is 3. The van der Waals surface area contributed by atoms with Gasteiger partial charge in [0.1, 0.15) is 5.82 Å². The molecule has 0 spiro atoms. The van der Waals surface area contributed by atoms with E-state index in [0.29, 0.717) is 16.9 Å². The normalized spacial score (nSPS) is 10.7. The maximum atomic E-state index is 13.7. The van der Waals surface area contributed by atoms with Crippen molar-refractivity contribution in [2.75, 3.05) is 11.9 Å². The fraction of sp³-hybridized carbons (Fsp3) is 0.176. The largest absolute Gasteiger partial charge is 0.343 e. The molecule has 128 valence electrons. The Bertz CT molecular complexity index is 967. The number of hydrogen-bond acceptors (Lipinski definition) is 4. The summed E-state index contributed by atoms with van der Waals surface area (Å²) in [4.78, 5) is 28.3. The lowest BCUT2D eigenvalue weighted by Gasteiger charge is -2.10. The molecule has 0 fully saturated rings. The topological polar surface area (TPSA) is 88.4 Å². The Morgan fingerprint density at radius 1 is 1.24 bits per heavy atom. The van der Waals surface area contributed by atoms with Gasteiger partial charge in [0.05, 0.1) is 29.7 Å². The molecule has 8 heteroatoms. The van der Waals surface area contributed by atoms with Crippen LogP contribution in [0.4, 0.5) is 10.1 Å². The Morgan fingerprint density at radius 3 is 2.80 bits per heavy atom. The van der Waals surface area contributed by atoms with Crippen LogP contribution in [-0.4, -0.2) is 33.0 Å². The molecule has 0 aliphatic heterocycles.